The second kappa shape index (κ2) is 5.76. The smallest absolute Gasteiger partial charge is 0.185 e. The molecule has 96 valence electrons. The monoisotopic (exact) mass is 278 g/mol. The van der Waals surface area contributed by atoms with Crippen LogP contribution in [0.1, 0.15) is 15.9 Å². The van der Waals surface area contributed by atoms with E-state index in [1.54, 1.807) is 24.3 Å². The van der Waals surface area contributed by atoms with E-state index in [2.05, 4.69) is 0 Å². The highest BCUT2D eigenvalue weighted by molar-refractivity contribution is 6.30. The van der Waals surface area contributed by atoms with Crippen LogP contribution in [0.3, 0.4) is 0 Å². The number of carbonyl (C=O) groups is 1. The van der Waals surface area contributed by atoms with Crippen LogP contribution >= 0.6 is 11.6 Å². The quantitative estimate of drug-likeness (QED) is 0.596. The molecule has 0 aromatic heterocycles. The summed E-state index contributed by atoms with van der Waals surface area (Å²) < 4.78 is 26.3. The lowest BCUT2D eigenvalue weighted by Gasteiger charge is -1.98. The Labute approximate surface area is 114 Å². The van der Waals surface area contributed by atoms with Crippen LogP contribution in [0.5, 0.6) is 0 Å². The van der Waals surface area contributed by atoms with Gasteiger partial charge in [0.1, 0.15) is 0 Å². The first kappa shape index (κ1) is 13.4. The summed E-state index contributed by atoms with van der Waals surface area (Å²) in [5.41, 5.74) is 0.458. The first-order valence-corrected chi connectivity index (χ1v) is 5.88. The summed E-state index contributed by atoms with van der Waals surface area (Å²) in [6, 6.07) is 10.1. The SMILES string of the molecule is O=C(C=Cc1cccc(F)c1F)c1ccc(Cl)cc1. The van der Waals surface area contributed by atoms with Gasteiger partial charge < -0.3 is 0 Å². The van der Waals surface area contributed by atoms with Crippen LogP contribution < -0.4 is 0 Å². The summed E-state index contributed by atoms with van der Waals surface area (Å²) in [4.78, 5) is 11.8. The van der Waals surface area contributed by atoms with Crippen LogP contribution in [0.15, 0.2) is 48.5 Å². The molecule has 0 spiro atoms. The number of benzene rings is 2. The zero-order valence-electron chi connectivity index (χ0n) is 9.74. The van der Waals surface area contributed by atoms with Crippen molar-refractivity contribution in [3.8, 4) is 0 Å². The van der Waals surface area contributed by atoms with Crippen molar-refractivity contribution in [2.75, 3.05) is 0 Å². The highest BCUT2D eigenvalue weighted by Crippen LogP contribution is 2.14. The standard InChI is InChI=1S/C15H9ClF2O/c16-12-7-4-10(5-8-12)14(19)9-6-11-2-1-3-13(17)15(11)18/h1-9H. The second-order valence-electron chi connectivity index (χ2n) is 3.85. The van der Waals surface area contributed by atoms with Gasteiger partial charge in [0, 0.05) is 16.1 Å². The van der Waals surface area contributed by atoms with Crippen LogP contribution in [0, 0.1) is 11.6 Å². The third-order valence-electron chi connectivity index (χ3n) is 2.52. The Morgan fingerprint density at radius 2 is 1.74 bits per heavy atom. The molecule has 0 saturated heterocycles. The van der Waals surface area contributed by atoms with E-state index in [1.165, 1.54) is 24.3 Å². The Morgan fingerprint density at radius 3 is 2.42 bits per heavy atom. The summed E-state index contributed by atoms with van der Waals surface area (Å²) in [6.07, 6.45) is 2.44. The fourth-order valence-corrected chi connectivity index (χ4v) is 1.65. The summed E-state index contributed by atoms with van der Waals surface area (Å²) in [7, 11) is 0. The summed E-state index contributed by atoms with van der Waals surface area (Å²) >= 11 is 5.71. The third-order valence-corrected chi connectivity index (χ3v) is 2.78. The lowest BCUT2D eigenvalue weighted by Crippen LogP contribution is -1.94. The number of allylic oxidation sites excluding steroid dienone is 1. The van der Waals surface area contributed by atoms with E-state index in [0.717, 1.165) is 6.07 Å². The molecule has 0 fully saturated rings. The zero-order valence-corrected chi connectivity index (χ0v) is 10.5. The van der Waals surface area contributed by atoms with E-state index < -0.39 is 11.6 Å². The minimum absolute atomic E-state index is 0.0299. The van der Waals surface area contributed by atoms with E-state index in [-0.39, 0.29) is 11.3 Å². The summed E-state index contributed by atoms with van der Waals surface area (Å²) in [5, 5.41) is 0.525. The number of halogens is 3. The van der Waals surface area contributed by atoms with Crippen molar-refractivity contribution >= 4 is 23.5 Å². The van der Waals surface area contributed by atoms with E-state index >= 15 is 0 Å². The van der Waals surface area contributed by atoms with Gasteiger partial charge in [-0.05, 0) is 42.5 Å². The molecular weight excluding hydrogens is 270 g/mol. The molecular formula is C15H9ClF2O. The Bertz CT molecular complexity index is 633. The van der Waals surface area contributed by atoms with Gasteiger partial charge in [-0.2, -0.15) is 0 Å². The molecule has 0 aliphatic rings. The molecule has 2 aromatic carbocycles. The fraction of sp³-hybridized carbons (Fsp3) is 0. The van der Waals surface area contributed by atoms with E-state index in [0.29, 0.717) is 10.6 Å². The van der Waals surface area contributed by atoms with Gasteiger partial charge in [0.2, 0.25) is 0 Å². The second-order valence-corrected chi connectivity index (χ2v) is 4.28. The Balaban J connectivity index is 2.21. The Kier molecular flexibility index (Phi) is 4.07. The number of rotatable bonds is 3. The van der Waals surface area contributed by atoms with Gasteiger partial charge in [-0.25, -0.2) is 8.78 Å². The fourth-order valence-electron chi connectivity index (χ4n) is 1.53. The molecule has 2 aromatic rings. The summed E-state index contributed by atoms with van der Waals surface area (Å²) in [5.74, 6) is -2.22. The molecule has 0 saturated carbocycles. The molecule has 0 heterocycles. The Hall–Kier alpha value is -2.00. The van der Waals surface area contributed by atoms with Gasteiger partial charge >= 0.3 is 0 Å². The van der Waals surface area contributed by atoms with E-state index in [9.17, 15) is 13.6 Å². The van der Waals surface area contributed by atoms with E-state index in [1.807, 2.05) is 0 Å². The third kappa shape index (κ3) is 3.26. The zero-order chi connectivity index (χ0) is 13.8. The highest BCUT2D eigenvalue weighted by Gasteiger charge is 2.06. The summed E-state index contributed by atoms with van der Waals surface area (Å²) in [6.45, 7) is 0. The molecule has 0 unspecified atom stereocenters. The van der Waals surface area contributed by atoms with Crippen LogP contribution in [0.25, 0.3) is 6.08 Å². The van der Waals surface area contributed by atoms with Crippen molar-refractivity contribution < 1.29 is 13.6 Å². The number of hydrogen-bond donors (Lipinski definition) is 0. The van der Waals surface area contributed by atoms with Crippen molar-refractivity contribution in [3.63, 3.8) is 0 Å². The van der Waals surface area contributed by atoms with Crippen molar-refractivity contribution in [1.29, 1.82) is 0 Å². The van der Waals surface area contributed by atoms with Crippen molar-refractivity contribution in [2.45, 2.75) is 0 Å². The van der Waals surface area contributed by atoms with Gasteiger partial charge in [0.25, 0.3) is 0 Å². The Morgan fingerprint density at radius 1 is 1.05 bits per heavy atom. The predicted molar refractivity (Wildman–Crippen MR) is 71.2 cm³/mol. The first-order chi connectivity index (χ1) is 9.08. The molecule has 1 nitrogen and oxygen atoms in total. The topological polar surface area (TPSA) is 17.1 Å². The molecule has 0 atom stereocenters. The van der Waals surface area contributed by atoms with Gasteiger partial charge in [-0.15, -0.1) is 0 Å². The normalized spacial score (nSPS) is 10.9. The first-order valence-electron chi connectivity index (χ1n) is 5.50. The van der Waals surface area contributed by atoms with Gasteiger partial charge in [0.15, 0.2) is 17.4 Å². The molecule has 2 rings (SSSR count). The maximum Gasteiger partial charge on any atom is 0.185 e. The predicted octanol–water partition coefficient (Wildman–Crippen LogP) is 4.51. The molecule has 0 amide bonds. The van der Waals surface area contributed by atoms with Crippen LogP contribution in [0.2, 0.25) is 5.02 Å². The maximum absolute atomic E-state index is 13.4. The minimum atomic E-state index is -0.970. The molecule has 19 heavy (non-hydrogen) atoms. The molecule has 0 N–H and O–H groups in total. The van der Waals surface area contributed by atoms with Crippen molar-refractivity contribution in [2.24, 2.45) is 0 Å². The molecule has 0 aliphatic carbocycles. The molecule has 0 aliphatic heterocycles. The largest absolute Gasteiger partial charge is 0.289 e. The van der Waals surface area contributed by atoms with Crippen molar-refractivity contribution in [1.82, 2.24) is 0 Å². The molecule has 0 radical (unpaired) electrons. The number of hydrogen-bond acceptors (Lipinski definition) is 1. The lowest BCUT2D eigenvalue weighted by molar-refractivity contribution is 0.104. The highest BCUT2D eigenvalue weighted by atomic mass is 35.5. The minimum Gasteiger partial charge on any atom is -0.289 e. The number of carbonyl (C=O) groups excluding carboxylic acids is 1. The lowest BCUT2D eigenvalue weighted by atomic mass is 10.1. The van der Waals surface area contributed by atoms with Gasteiger partial charge in [-0.3, -0.25) is 4.79 Å². The molecule has 4 heteroatoms. The van der Waals surface area contributed by atoms with Crippen LogP contribution in [0.4, 0.5) is 8.78 Å². The van der Waals surface area contributed by atoms with Crippen LogP contribution in [-0.4, -0.2) is 5.78 Å². The average Bonchev–Trinajstić information content (AvgIpc) is 2.41. The maximum atomic E-state index is 13.4. The number of ketones is 1. The molecule has 0 bridgehead atoms. The van der Waals surface area contributed by atoms with Gasteiger partial charge in [-0.1, -0.05) is 23.7 Å². The van der Waals surface area contributed by atoms with Gasteiger partial charge in [0.05, 0.1) is 0 Å². The average molecular weight is 279 g/mol. The van der Waals surface area contributed by atoms with Crippen LogP contribution in [-0.2, 0) is 0 Å². The van der Waals surface area contributed by atoms with Crippen molar-refractivity contribution in [3.05, 3.63) is 76.3 Å². The van der Waals surface area contributed by atoms with E-state index in [4.69, 9.17) is 11.6 Å².